The Morgan fingerprint density at radius 2 is 2.06 bits per heavy atom. The molecule has 0 saturated heterocycles. The van der Waals surface area contributed by atoms with Gasteiger partial charge in [0.2, 0.25) is 0 Å². The van der Waals surface area contributed by atoms with E-state index in [4.69, 9.17) is 5.73 Å². The molecule has 17 heavy (non-hydrogen) atoms. The van der Waals surface area contributed by atoms with Gasteiger partial charge in [0.25, 0.3) is 5.91 Å². The molecule has 6 heteroatoms. The molecule has 1 rings (SSSR count). The highest BCUT2D eigenvalue weighted by atomic mass is 127. The van der Waals surface area contributed by atoms with Crippen molar-refractivity contribution in [2.75, 3.05) is 13.1 Å². The van der Waals surface area contributed by atoms with Crippen LogP contribution in [0, 0.1) is 21.1 Å². The summed E-state index contributed by atoms with van der Waals surface area (Å²) in [5, 5.41) is 2.62. The molecular weight excluding hydrogens is 341 g/mol. The Morgan fingerprint density at radius 1 is 1.47 bits per heavy atom. The van der Waals surface area contributed by atoms with Gasteiger partial charge in [0.05, 0.1) is 5.56 Å². The third kappa shape index (κ3) is 3.88. The standard InChI is InChI=1S/C11H13F2IN2O/c1-6(4-15)5-16-11(17)7-2-8(12)9(13)3-10(7)14/h2-3,6H,4-5,15H2,1H3,(H,16,17). The van der Waals surface area contributed by atoms with Gasteiger partial charge in [0, 0.05) is 10.1 Å². The summed E-state index contributed by atoms with van der Waals surface area (Å²) in [7, 11) is 0. The number of rotatable bonds is 4. The first-order valence-electron chi connectivity index (χ1n) is 5.08. The number of carbonyl (C=O) groups excluding carboxylic acids is 1. The fourth-order valence-corrected chi connectivity index (χ4v) is 1.82. The molecule has 0 bridgehead atoms. The van der Waals surface area contributed by atoms with Gasteiger partial charge in [-0.15, -0.1) is 0 Å². The van der Waals surface area contributed by atoms with Gasteiger partial charge in [0.1, 0.15) is 0 Å². The fraction of sp³-hybridized carbons (Fsp3) is 0.364. The Bertz CT molecular complexity index is 426. The van der Waals surface area contributed by atoms with Crippen LogP contribution in [-0.2, 0) is 0 Å². The van der Waals surface area contributed by atoms with E-state index in [-0.39, 0.29) is 11.5 Å². The highest BCUT2D eigenvalue weighted by molar-refractivity contribution is 14.1. The minimum absolute atomic E-state index is 0.133. The molecule has 0 radical (unpaired) electrons. The zero-order valence-corrected chi connectivity index (χ0v) is 11.4. The van der Waals surface area contributed by atoms with Crippen molar-refractivity contribution >= 4 is 28.5 Å². The molecule has 0 aliphatic carbocycles. The van der Waals surface area contributed by atoms with Crippen LogP contribution in [0.1, 0.15) is 17.3 Å². The molecule has 1 aromatic carbocycles. The van der Waals surface area contributed by atoms with E-state index in [2.05, 4.69) is 5.32 Å². The topological polar surface area (TPSA) is 55.1 Å². The first-order chi connectivity index (χ1) is 7.95. The van der Waals surface area contributed by atoms with E-state index in [9.17, 15) is 13.6 Å². The first-order valence-corrected chi connectivity index (χ1v) is 6.16. The minimum atomic E-state index is -1.03. The number of hydrogen-bond acceptors (Lipinski definition) is 2. The van der Waals surface area contributed by atoms with E-state index in [0.717, 1.165) is 12.1 Å². The lowest BCUT2D eigenvalue weighted by molar-refractivity contribution is 0.0947. The second kappa shape index (κ2) is 6.25. The average molecular weight is 354 g/mol. The van der Waals surface area contributed by atoms with Crippen molar-refractivity contribution in [1.82, 2.24) is 5.32 Å². The number of nitrogens with two attached hydrogens (primary N) is 1. The van der Waals surface area contributed by atoms with Crippen LogP contribution in [0.15, 0.2) is 12.1 Å². The van der Waals surface area contributed by atoms with Crippen molar-refractivity contribution in [2.45, 2.75) is 6.92 Å². The van der Waals surface area contributed by atoms with Crippen LogP contribution in [-0.4, -0.2) is 19.0 Å². The molecule has 1 atom stereocenters. The Hall–Kier alpha value is -0.760. The van der Waals surface area contributed by atoms with Gasteiger partial charge in [-0.2, -0.15) is 0 Å². The van der Waals surface area contributed by atoms with Gasteiger partial charge in [-0.3, -0.25) is 4.79 Å². The number of carbonyl (C=O) groups is 1. The van der Waals surface area contributed by atoms with Gasteiger partial charge >= 0.3 is 0 Å². The lowest BCUT2D eigenvalue weighted by Crippen LogP contribution is -2.31. The van der Waals surface area contributed by atoms with Crippen LogP contribution < -0.4 is 11.1 Å². The van der Waals surface area contributed by atoms with E-state index < -0.39 is 17.5 Å². The Labute approximate surface area is 112 Å². The molecular formula is C11H13F2IN2O. The van der Waals surface area contributed by atoms with E-state index in [1.54, 1.807) is 22.6 Å². The second-order valence-corrected chi connectivity index (χ2v) is 4.96. The normalized spacial score (nSPS) is 12.3. The molecule has 0 saturated carbocycles. The van der Waals surface area contributed by atoms with Crippen molar-refractivity contribution in [3.63, 3.8) is 0 Å². The smallest absolute Gasteiger partial charge is 0.252 e. The van der Waals surface area contributed by atoms with Gasteiger partial charge < -0.3 is 11.1 Å². The second-order valence-electron chi connectivity index (χ2n) is 3.80. The molecule has 94 valence electrons. The molecule has 3 N–H and O–H groups in total. The third-order valence-corrected chi connectivity index (χ3v) is 3.16. The monoisotopic (exact) mass is 354 g/mol. The van der Waals surface area contributed by atoms with E-state index in [0.29, 0.717) is 16.7 Å². The van der Waals surface area contributed by atoms with Crippen molar-refractivity contribution in [2.24, 2.45) is 11.7 Å². The highest BCUT2D eigenvalue weighted by Crippen LogP contribution is 2.17. The number of hydrogen-bond donors (Lipinski definition) is 2. The zero-order valence-electron chi connectivity index (χ0n) is 9.27. The molecule has 0 spiro atoms. The summed E-state index contributed by atoms with van der Waals surface area (Å²) in [6.07, 6.45) is 0. The summed E-state index contributed by atoms with van der Waals surface area (Å²) >= 11 is 1.79. The quantitative estimate of drug-likeness (QED) is 0.641. The molecule has 0 aliphatic heterocycles. The molecule has 0 aromatic heterocycles. The van der Waals surface area contributed by atoms with Crippen molar-refractivity contribution in [3.05, 3.63) is 32.9 Å². The van der Waals surface area contributed by atoms with Gasteiger partial charge in [0.15, 0.2) is 11.6 Å². The van der Waals surface area contributed by atoms with Gasteiger partial charge in [-0.05, 0) is 47.2 Å². The zero-order chi connectivity index (χ0) is 13.0. The summed E-state index contributed by atoms with van der Waals surface area (Å²) in [5.74, 6) is -2.26. The molecule has 1 amide bonds. The molecule has 0 fully saturated rings. The Balaban J connectivity index is 2.79. The SMILES string of the molecule is CC(CN)CNC(=O)c1cc(F)c(F)cc1I. The lowest BCUT2D eigenvalue weighted by Gasteiger charge is -2.11. The van der Waals surface area contributed by atoms with Crippen LogP contribution >= 0.6 is 22.6 Å². The van der Waals surface area contributed by atoms with Crippen molar-refractivity contribution < 1.29 is 13.6 Å². The number of benzene rings is 1. The molecule has 1 unspecified atom stereocenters. The maximum absolute atomic E-state index is 13.0. The largest absolute Gasteiger partial charge is 0.352 e. The van der Waals surface area contributed by atoms with Crippen LogP contribution in [0.4, 0.5) is 8.78 Å². The predicted molar refractivity (Wildman–Crippen MR) is 69.6 cm³/mol. The lowest BCUT2D eigenvalue weighted by atomic mass is 10.1. The van der Waals surface area contributed by atoms with Crippen LogP contribution in [0.5, 0.6) is 0 Å². The summed E-state index contributed by atoms with van der Waals surface area (Å²) < 4.78 is 26.2. The third-order valence-electron chi connectivity index (χ3n) is 2.27. The maximum Gasteiger partial charge on any atom is 0.252 e. The molecule has 0 aliphatic rings. The molecule has 0 heterocycles. The maximum atomic E-state index is 13.0. The Kier molecular flexibility index (Phi) is 5.26. The van der Waals surface area contributed by atoms with Gasteiger partial charge in [-0.25, -0.2) is 8.78 Å². The van der Waals surface area contributed by atoms with Gasteiger partial charge in [-0.1, -0.05) is 6.92 Å². The summed E-state index contributed by atoms with van der Waals surface area (Å²) in [5.41, 5.74) is 5.54. The van der Waals surface area contributed by atoms with E-state index in [1.165, 1.54) is 0 Å². The summed E-state index contributed by atoms with van der Waals surface area (Å²) in [6, 6.07) is 1.90. The van der Waals surface area contributed by atoms with Crippen LogP contribution in [0.3, 0.4) is 0 Å². The minimum Gasteiger partial charge on any atom is -0.352 e. The van der Waals surface area contributed by atoms with Crippen LogP contribution in [0.25, 0.3) is 0 Å². The number of nitrogens with one attached hydrogen (secondary N) is 1. The first kappa shape index (κ1) is 14.3. The van der Waals surface area contributed by atoms with E-state index >= 15 is 0 Å². The van der Waals surface area contributed by atoms with Crippen molar-refractivity contribution in [1.29, 1.82) is 0 Å². The Morgan fingerprint density at radius 3 is 2.65 bits per heavy atom. The molecule has 1 aromatic rings. The van der Waals surface area contributed by atoms with Crippen molar-refractivity contribution in [3.8, 4) is 0 Å². The van der Waals surface area contributed by atoms with Crippen LogP contribution in [0.2, 0.25) is 0 Å². The number of amides is 1. The summed E-state index contributed by atoms with van der Waals surface area (Å²) in [4.78, 5) is 11.7. The molecule has 3 nitrogen and oxygen atoms in total. The average Bonchev–Trinajstić information content (AvgIpc) is 2.30. The fourth-order valence-electron chi connectivity index (χ4n) is 1.14. The predicted octanol–water partition coefficient (Wildman–Crippen LogP) is 1.89. The van der Waals surface area contributed by atoms with E-state index in [1.807, 2.05) is 6.92 Å². The highest BCUT2D eigenvalue weighted by Gasteiger charge is 2.14. The number of halogens is 3. The summed E-state index contributed by atoms with van der Waals surface area (Å²) in [6.45, 7) is 2.75.